The molecule has 6 aromatic rings. The number of fused-ring (bicyclic) bond motifs is 6. The van der Waals surface area contributed by atoms with Crippen LogP contribution in [-0.2, 0) is 124 Å². The number of cyclic esters (lactones) is 1. The lowest BCUT2D eigenvalue weighted by molar-refractivity contribution is -0.157. The van der Waals surface area contributed by atoms with E-state index < -0.39 is 110 Å². The van der Waals surface area contributed by atoms with Gasteiger partial charge in [0.15, 0.2) is 11.9 Å². The highest BCUT2D eigenvalue weighted by Crippen LogP contribution is 2.39. The number of amides is 9. The van der Waals surface area contributed by atoms with E-state index in [1.54, 1.807) is 58.8 Å². The van der Waals surface area contributed by atoms with Gasteiger partial charge in [-0.05, 0) is 93.0 Å². The van der Waals surface area contributed by atoms with Crippen LogP contribution in [0.4, 0.5) is 9.59 Å². The van der Waals surface area contributed by atoms with Crippen molar-refractivity contribution in [2.75, 3.05) is 107 Å². The van der Waals surface area contributed by atoms with Gasteiger partial charge >= 0.3 is 18.2 Å². The molecular formula is C77H93N15O23. The molecule has 4 aliphatic rings. The number of phenolic OH excluding ortho intramolecular Hbond substituents is 1. The number of nitrogens with zero attached hydrogens (tertiary/aromatic N) is 8. The zero-order valence-corrected chi connectivity index (χ0v) is 64.3. The standard InChI is InChI=1S/C77H93N15O23/c1-6-50-51-33-49(19-20-56(51)84-68-53(50)40-92-59(68)34-52-55(74(92)105)43-113-75(106)70(52)101)115-77(108)89(4)24-23-88(3)76(107)114-42-54-44(2)91(69-60(95)35-61(109-5)71(102)67(54)69)41-66(100)79-22-26-110-28-30-112-31-29-111-27-25-90-39-46(86-87-90)15-18-47(93)10-9-12-62(96)78-21-8-7-11-57-72(103)82-37-64(98)80-36-63(97)81-38-65(99)83-58(73(104)85-57)32-45-13-16-48(94)17-14-45/h13-14,16-17,19-20,33-35,39,57-58,70,94,101H,6-12,15,18,21-32,36-38,40-43H2,1-5H3,(H,78,96)(H,79,100)(H,80,98)(H,81,97)(H,82,103)(H,83,99)(H,85,104)/t57?,58-,70?/m1/s1. The van der Waals surface area contributed by atoms with Crippen molar-refractivity contribution in [1.29, 1.82) is 0 Å². The lowest BCUT2D eigenvalue weighted by atomic mass is 9.96. The van der Waals surface area contributed by atoms with Gasteiger partial charge in [0, 0.05) is 106 Å². The number of hydrogen-bond acceptors (Lipinski definition) is 26. The molecule has 0 bridgehead atoms. The van der Waals surface area contributed by atoms with Gasteiger partial charge in [-0.1, -0.05) is 24.3 Å². The van der Waals surface area contributed by atoms with Crippen LogP contribution in [0.25, 0.3) is 22.3 Å². The van der Waals surface area contributed by atoms with Crippen LogP contribution in [-0.4, -0.2) is 245 Å². The monoisotopic (exact) mass is 1600 g/mol. The van der Waals surface area contributed by atoms with Crippen molar-refractivity contribution in [2.24, 2.45) is 0 Å². The first-order valence-electron chi connectivity index (χ1n) is 37.6. The minimum atomic E-state index is -1.59. The van der Waals surface area contributed by atoms with Crippen molar-refractivity contribution >= 4 is 87.8 Å². The number of methoxy groups -OCH3 is 1. The number of pyridine rings is 2. The van der Waals surface area contributed by atoms with Crippen molar-refractivity contribution in [1.82, 2.24) is 76.1 Å². The predicted octanol–water partition coefficient (Wildman–Crippen LogP) is 0.493. The number of unbranched alkanes of at least 4 members (excludes halogenated alkanes) is 1. The number of nitrogens with one attached hydrogen (secondary N) is 7. The molecule has 1 fully saturated rings. The average Bonchev–Trinajstić information content (AvgIpc) is 1.59. The molecule has 38 heteroatoms. The highest BCUT2D eigenvalue weighted by Gasteiger charge is 2.38. The van der Waals surface area contributed by atoms with Crippen molar-refractivity contribution in [2.45, 2.75) is 129 Å². The van der Waals surface area contributed by atoms with E-state index in [-0.39, 0.29) is 173 Å². The number of benzene rings is 2. The number of aryl methyl sites for hydroxylation is 2. The van der Waals surface area contributed by atoms with Crippen molar-refractivity contribution < 1.29 is 106 Å². The molecule has 0 saturated carbocycles. The molecule has 3 atom stereocenters. The first-order valence-corrected chi connectivity index (χ1v) is 37.6. The predicted molar refractivity (Wildman–Crippen MR) is 403 cm³/mol. The number of phenols is 1. The van der Waals surface area contributed by atoms with Crippen molar-refractivity contribution in [3.8, 4) is 22.9 Å². The molecule has 7 heterocycles. The lowest BCUT2D eigenvalue weighted by Gasteiger charge is -2.23. The summed E-state index contributed by atoms with van der Waals surface area (Å²) in [5.41, 5.74) is 4.76. The third-order valence-electron chi connectivity index (χ3n) is 19.6. The normalized spacial score (nSPS) is 16.2. The first-order chi connectivity index (χ1) is 55.3. The second-order valence-electron chi connectivity index (χ2n) is 27.6. The van der Waals surface area contributed by atoms with E-state index in [0.717, 1.165) is 17.2 Å². The van der Waals surface area contributed by atoms with Gasteiger partial charge in [-0.3, -0.25) is 52.7 Å². The Morgan fingerprint density at radius 3 is 2.16 bits per heavy atom. The number of carbonyl (C=O) groups excluding carboxylic acids is 13. The number of hydrogen-bond donors (Lipinski definition) is 9. The van der Waals surface area contributed by atoms with Gasteiger partial charge in [0.25, 0.3) is 5.56 Å². The van der Waals surface area contributed by atoms with Gasteiger partial charge in [-0.25, -0.2) is 24.0 Å². The van der Waals surface area contributed by atoms with Gasteiger partial charge in [0.1, 0.15) is 54.8 Å². The van der Waals surface area contributed by atoms with Crippen molar-refractivity contribution in [3.05, 3.63) is 133 Å². The second-order valence-corrected chi connectivity index (χ2v) is 27.6. The molecule has 2 unspecified atom stereocenters. The van der Waals surface area contributed by atoms with Crippen LogP contribution >= 0.6 is 0 Å². The Hall–Kier alpha value is -12.3. The maximum absolute atomic E-state index is 13.7. The molecule has 614 valence electrons. The van der Waals surface area contributed by atoms with E-state index in [9.17, 15) is 77.3 Å². The summed E-state index contributed by atoms with van der Waals surface area (Å²) in [5, 5.41) is 47.2. The van der Waals surface area contributed by atoms with Crippen LogP contribution < -0.4 is 47.5 Å². The summed E-state index contributed by atoms with van der Waals surface area (Å²) in [4.78, 5) is 190. The number of ketones is 3. The second kappa shape index (κ2) is 40.4. The van der Waals surface area contributed by atoms with Crippen LogP contribution in [0.5, 0.6) is 11.5 Å². The number of ether oxygens (including phenoxy) is 7. The zero-order chi connectivity index (χ0) is 82.4. The molecule has 10 rings (SSSR count). The van der Waals surface area contributed by atoms with Gasteiger partial charge in [-0.2, -0.15) is 0 Å². The molecule has 2 aromatic carbocycles. The SMILES string of the molecule is CCc1c2c(nc3ccc(OC(=O)N(C)CCN(C)C(=O)OCc4c5c(n(CC(=O)NCCOCCOCCOCCn6cc(CCC(=O)CCCC(=O)NCCCCC7NC(=O)[C@@H](Cc8ccc(O)cc8)NC(=O)CNC(=O)CNC(=O)CNC7=O)nn6)c4C)C(=O)C=C(OC)C5=O)cc13)-c1cc3c(c(=O)n1C2)COC(=O)C3O. The quantitative estimate of drug-likeness (QED) is 0.0191. The topological polar surface area (TPSA) is 488 Å². The number of aromatic nitrogens is 6. The van der Waals surface area contributed by atoms with Gasteiger partial charge in [0.05, 0.1) is 113 Å². The number of aliphatic hydroxyl groups is 1. The number of Topliss-reactive ketones (excluding diaryl/α,β-unsaturated/α-hetero) is 2. The fraction of sp³-hybridized carbons (Fsp3) is 0.468. The number of allylic oxidation sites excluding steroid dienone is 2. The molecule has 4 aromatic heterocycles. The maximum atomic E-state index is 13.7. The number of aliphatic hydroxyl groups excluding tert-OH is 1. The van der Waals surface area contributed by atoms with Crippen LogP contribution in [0.3, 0.4) is 0 Å². The molecule has 38 nitrogen and oxygen atoms in total. The highest BCUT2D eigenvalue weighted by molar-refractivity contribution is 6.24. The number of aromatic hydroxyl groups is 1. The molecule has 0 radical (unpaired) electrons. The maximum Gasteiger partial charge on any atom is 0.415 e. The molecule has 115 heavy (non-hydrogen) atoms. The van der Waals surface area contributed by atoms with Crippen LogP contribution in [0.15, 0.2) is 71.4 Å². The molecular weight excluding hydrogens is 1500 g/mol. The van der Waals surface area contributed by atoms with Gasteiger partial charge in [0.2, 0.25) is 52.9 Å². The smallest absolute Gasteiger partial charge is 0.415 e. The first kappa shape index (κ1) is 85.1. The zero-order valence-electron chi connectivity index (χ0n) is 64.3. The van der Waals surface area contributed by atoms with Gasteiger partial charge < -0.3 is 99.5 Å². The largest absolute Gasteiger partial charge is 0.508 e. The lowest BCUT2D eigenvalue weighted by Crippen LogP contribution is -2.55. The number of esters is 1. The van der Waals surface area contributed by atoms with E-state index >= 15 is 0 Å². The minimum absolute atomic E-state index is 0.00129. The summed E-state index contributed by atoms with van der Waals surface area (Å²) < 4.78 is 43.1. The van der Waals surface area contributed by atoms with Crippen LogP contribution in [0.2, 0.25) is 0 Å². The summed E-state index contributed by atoms with van der Waals surface area (Å²) in [6.07, 6.45) is 2.14. The fourth-order valence-electron chi connectivity index (χ4n) is 13.2. The Morgan fingerprint density at radius 1 is 0.730 bits per heavy atom. The van der Waals surface area contributed by atoms with E-state index in [1.807, 2.05) is 6.92 Å². The third-order valence-corrected chi connectivity index (χ3v) is 19.6. The molecule has 9 N–H and O–H groups in total. The molecule has 0 spiro atoms. The average molecular weight is 1600 g/mol. The number of likely N-dealkylation sites (N-methyl/N-ethyl adjacent to an activating group) is 2. The third kappa shape index (κ3) is 22.6. The fourth-order valence-corrected chi connectivity index (χ4v) is 13.2. The highest BCUT2D eigenvalue weighted by atomic mass is 16.6. The summed E-state index contributed by atoms with van der Waals surface area (Å²) >= 11 is 0. The minimum Gasteiger partial charge on any atom is -0.508 e. The number of carbonyl (C=O) groups is 13. The summed E-state index contributed by atoms with van der Waals surface area (Å²) in [6.45, 7) is 3.35. The molecule has 3 aliphatic heterocycles. The Labute approximate surface area is 658 Å². The summed E-state index contributed by atoms with van der Waals surface area (Å²) in [7, 11) is 4.17. The van der Waals surface area contributed by atoms with E-state index in [1.165, 1.54) is 47.7 Å². The number of rotatable bonds is 36. The van der Waals surface area contributed by atoms with E-state index in [2.05, 4.69) is 47.5 Å². The van der Waals surface area contributed by atoms with Crippen molar-refractivity contribution in [3.63, 3.8) is 0 Å². The summed E-state index contributed by atoms with van der Waals surface area (Å²) in [6, 6.07) is 10.2. The Balaban J connectivity index is 0.567. The Kier molecular flexibility index (Phi) is 29.9. The van der Waals surface area contributed by atoms with E-state index in [4.69, 9.17) is 38.1 Å². The van der Waals surface area contributed by atoms with E-state index in [0.29, 0.717) is 84.5 Å². The molecule has 1 saturated heterocycles. The Morgan fingerprint density at radius 2 is 1.43 bits per heavy atom. The van der Waals surface area contributed by atoms with Gasteiger partial charge in [-0.15, -0.1) is 5.10 Å². The summed E-state index contributed by atoms with van der Waals surface area (Å²) in [5.74, 6) is -6.34. The molecule has 1 aliphatic carbocycles. The molecule has 9 amide bonds. The Bertz CT molecular complexity index is 4780. The van der Waals surface area contributed by atoms with Crippen LogP contribution in [0.1, 0.15) is 124 Å². The van der Waals surface area contributed by atoms with Crippen LogP contribution in [0, 0.1) is 6.92 Å².